The molecule has 0 fully saturated rings. The molecule has 0 heterocycles. The summed E-state index contributed by atoms with van der Waals surface area (Å²) in [5.74, 6) is -3.32. The molecule has 0 bridgehead atoms. The first-order chi connectivity index (χ1) is 12.8. The zero-order valence-electron chi connectivity index (χ0n) is 16.1. The zero-order chi connectivity index (χ0) is 19.6. The van der Waals surface area contributed by atoms with E-state index in [9.17, 15) is 4.79 Å². The van der Waals surface area contributed by atoms with Gasteiger partial charge in [0.05, 0.1) is 0 Å². The first-order valence-electron chi connectivity index (χ1n) is 9.20. The van der Waals surface area contributed by atoms with E-state index in [2.05, 4.69) is 36.4 Å². The van der Waals surface area contributed by atoms with Crippen LogP contribution < -0.4 is 15.9 Å². The van der Waals surface area contributed by atoms with Gasteiger partial charge in [-0.25, -0.2) is 0 Å². The Bertz CT molecular complexity index is 815. The van der Waals surface area contributed by atoms with E-state index < -0.39 is 11.4 Å². The predicted molar refractivity (Wildman–Crippen MR) is 120 cm³/mol. The molecule has 0 unspecified atom stereocenters. The van der Waals surface area contributed by atoms with Crippen molar-refractivity contribution in [3.8, 4) is 0 Å². The third-order valence-corrected chi connectivity index (χ3v) is 12.3. The molecule has 0 radical (unpaired) electrons. The van der Waals surface area contributed by atoms with Gasteiger partial charge in [-0.15, -0.1) is 0 Å². The van der Waals surface area contributed by atoms with Crippen LogP contribution in [0.2, 0.25) is 0 Å². The van der Waals surface area contributed by atoms with Gasteiger partial charge >= 0.3 is 167 Å². The van der Waals surface area contributed by atoms with E-state index in [1.807, 2.05) is 75.4 Å². The van der Waals surface area contributed by atoms with Crippen molar-refractivity contribution in [2.24, 2.45) is 5.41 Å². The summed E-state index contributed by atoms with van der Waals surface area (Å²) in [6.45, 7) is 5.90. The van der Waals surface area contributed by atoms with E-state index >= 15 is 0 Å². The standard InChI is InChI=1S/C24H26ClOP/c1-24(2,3)23(26)19-27(25,20-13-7-4-8-14-20,21-15-9-5-10-16-21)22-17-11-6-12-18-22/h4-18H,19H2,1-3H3. The fraction of sp³-hybridized carbons (Fsp3) is 0.208. The fourth-order valence-electron chi connectivity index (χ4n) is 3.44. The molecule has 1 nitrogen and oxygen atoms in total. The van der Waals surface area contributed by atoms with Gasteiger partial charge in [-0.3, -0.25) is 0 Å². The van der Waals surface area contributed by atoms with Crippen molar-refractivity contribution < 1.29 is 4.79 Å². The van der Waals surface area contributed by atoms with Crippen LogP contribution in [0, 0.1) is 5.41 Å². The van der Waals surface area contributed by atoms with Crippen LogP contribution in [0.15, 0.2) is 91.0 Å². The van der Waals surface area contributed by atoms with Crippen molar-refractivity contribution in [3.05, 3.63) is 91.0 Å². The van der Waals surface area contributed by atoms with E-state index in [1.165, 1.54) is 0 Å². The maximum atomic E-state index is 13.4. The topological polar surface area (TPSA) is 17.1 Å². The number of hydrogen-bond acceptors (Lipinski definition) is 1. The fourth-order valence-corrected chi connectivity index (χ4v) is 9.62. The molecule has 27 heavy (non-hydrogen) atoms. The summed E-state index contributed by atoms with van der Waals surface area (Å²) in [6.07, 6.45) is 0.300. The molecule has 3 aromatic rings. The monoisotopic (exact) mass is 396 g/mol. The molecule has 0 amide bonds. The Kier molecular flexibility index (Phi) is 5.30. The number of halogens is 1. The van der Waals surface area contributed by atoms with Gasteiger partial charge in [0.1, 0.15) is 0 Å². The summed E-state index contributed by atoms with van der Waals surface area (Å²) >= 11 is 7.88. The van der Waals surface area contributed by atoms with Crippen molar-refractivity contribution in [2.45, 2.75) is 20.8 Å². The van der Waals surface area contributed by atoms with Gasteiger partial charge in [0.2, 0.25) is 0 Å². The van der Waals surface area contributed by atoms with Crippen molar-refractivity contribution in [3.63, 3.8) is 0 Å². The molecule has 0 saturated heterocycles. The minimum absolute atomic E-state index is 0.173. The SMILES string of the molecule is CC(C)(C)C(=O)CP(Cl)(c1ccccc1)(c1ccccc1)c1ccccc1. The second kappa shape index (κ2) is 7.23. The Labute approximate surface area is 167 Å². The molecular formula is C24H26ClOP. The number of carbonyl (C=O) groups excluding carboxylic acids is 1. The molecule has 0 aromatic heterocycles. The average molecular weight is 397 g/mol. The van der Waals surface area contributed by atoms with Crippen molar-refractivity contribution in [1.82, 2.24) is 0 Å². The Morgan fingerprint density at radius 2 is 1.00 bits per heavy atom. The molecule has 0 aliphatic rings. The van der Waals surface area contributed by atoms with Crippen molar-refractivity contribution >= 4 is 38.9 Å². The molecule has 0 spiro atoms. The molecule has 3 aromatic carbocycles. The second-order valence-electron chi connectivity index (χ2n) is 8.02. The second-order valence-corrected chi connectivity index (χ2v) is 14.5. The van der Waals surface area contributed by atoms with Crippen LogP contribution in [-0.2, 0) is 4.79 Å². The van der Waals surface area contributed by atoms with Crippen LogP contribution in [0.3, 0.4) is 0 Å². The third-order valence-electron chi connectivity index (χ3n) is 5.16. The molecule has 0 atom stereocenters. The van der Waals surface area contributed by atoms with Gasteiger partial charge in [-0.05, 0) is 0 Å². The van der Waals surface area contributed by atoms with E-state index in [-0.39, 0.29) is 5.78 Å². The van der Waals surface area contributed by atoms with Crippen LogP contribution in [0.5, 0.6) is 0 Å². The molecule has 0 saturated carbocycles. The van der Waals surface area contributed by atoms with Crippen LogP contribution in [0.25, 0.3) is 0 Å². The quantitative estimate of drug-likeness (QED) is 0.536. The van der Waals surface area contributed by atoms with E-state index in [1.54, 1.807) is 0 Å². The average Bonchev–Trinajstić information content (AvgIpc) is 2.69. The molecule has 140 valence electrons. The first kappa shape index (κ1) is 19.8. The van der Waals surface area contributed by atoms with Gasteiger partial charge < -0.3 is 0 Å². The van der Waals surface area contributed by atoms with Crippen LogP contribution in [0.4, 0.5) is 0 Å². The summed E-state index contributed by atoms with van der Waals surface area (Å²) in [7, 11) is 0. The third kappa shape index (κ3) is 3.47. The number of hydrogen-bond donors (Lipinski definition) is 0. The van der Waals surface area contributed by atoms with E-state index in [4.69, 9.17) is 11.2 Å². The van der Waals surface area contributed by atoms with Gasteiger partial charge in [0, 0.05) is 0 Å². The number of carbonyl (C=O) groups is 1. The molecule has 3 rings (SSSR count). The summed E-state index contributed by atoms with van der Waals surface area (Å²) in [4.78, 5) is 13.4. The molecule has 3 heteroatoms. The number of ketones is 1. The number of rotatable bonds is 5. The van der Waals surface area contributed by atoms with E-state index in [0.29, 0.717) is 6.16 Å². The van der Waals surface area contributed by atoms with Crippen molar-refractivity contribution in [1.29, 1.82) is 0 Å². The van der Waals surface area contributed by atoms with Gasteiger partial charge in [-0.2, -0.15) is 0 Å². The summed E-state index contributed by atoms with van der Waals surface area (Å²) in [6, 6.07) is 30.4. The summed E-state index contributed by atoms with van der Waals surface area (Å²) in [5.41, 5.74) is -0.462. The van der Waals surface area contributed by atoms with Crippen molar-refractivity contribution in [2.75, 3.05) is 6.16 Å². The van der Waals surface area contributed by atoms with E-state index in [0.717, 1.165) is 15.9 Å². The predicted octanol–water partition coefficient (Wildman–Crippen LogP) is 5.29. The Morgan fingerprint density at radius 3 is 1.26 bits per heavy atom. The Hall–Kier alpha value is -1.95. The Balaban J connectivity index is 2.41. The normalized spacial score (nSPS) is 13.6. The molecule has 0 N–H and O–H groups in total. The first-order valence-corrected chi connectivity index (χ1v) is 12.5. The summed E-state index contributed by atoms with van der Waals surface area (Å²) < 4.78 is 0. The maximum absolute atomic E-state index is 13.4. The Morgan fingerprint density at radius 1 is 0.704 bits per heavy atom. The van der Waals surface area contributed by atoms with Crippen LogP contribution in [0.1, 0.15) is 20.8 Å². The molecule has 0 aliphatic carbocycles. The minimum atomic E-state index is -3.49. The molecular weight excluding hydrogens is 371 g/mol. The molecule has 0 aliphatic heterocycles. The zero-order valence-corrected chi connectivity index (χ0v) is 17.8. The van der Waals surface area contributed by atoms with Crippen LogP contribution >= 0.6 is 17.2 Å². The van der Waals surface area contributed by atoms with Gasteiger partial charge in [0.25, 0.3) is 0 Å². The van der Waals surface area contributed by atoms with Gasteiger partial charge in [-0.1, -0.05) is 0 Å². The number of benzene rings is 3. The van der Waals surface area contributed by atoms with Crippen LogP contribution in [-0.4, -0.2) is 11.9 Å². The number of Topliss-reactive ketones (excluding diaryl/α,β-unsaturated/α-hetero) is 1. The van der Waals surface area contributed by atoms with Gasteiger partial charge in [0.15, 0.2) is 0 Å². The summed E-state index contributed by atoms with van der Waals surface area (Å²) in [5, 5.41) is 3.08.